The van der Waals surface area contributed by atoms with Gasteiger partial charge in [0.25, 0.3) is 0 Å². The molecule has 0 aliphatic carbocycles. The maximum Gasteiger partial charge on any atom is 0.305 e. The molecule has 54 heavy (non-hydrogen) atoms. The van der Waals surface area contributed by atoms with E-state index in [-0.39, 0.29) is 18.5 Å². The Hall–Kier alpha value is -1.92. The molecule has 0 aromatic rings. The summed E-state index contributed by atoms with van der Waals surface area (Å²) in [6.45, 7) is 4.82. The van der Waals surface area contributed by atoms with Gasteiger partial charge in [-0.1, -0.05) is 172 Å². The number of amides is 1. The topological polar surface area (TPSA) is 95.9 Å². The zero-order valence-electron chi connectivity index (χ0n) is 35.7. The molecule has 0 rings (SSSR count). The molecule has 0 spiro atoms. The van der Waals surface area contributed by atoms with Gasteiger partial charge in [0.2, 0.25) is 5.91 Å². The average Bonchev–Trinajstić information content (AvgIpc) is 3.17. The van der Waals surface area contributed by atoms with Gasteiger partial charge in [0.05, 0.1) is 25.4 Å². The van der Waals surface area contributed by atoms with Crippen LogP contribution in [0.15, 0.2) is 36.5 Å². The maximum absolute atomic E-state index is 12.4. The molecule has 0 bridgehead atoms. The first-order valence-corrected chi connectivity index (χ1v) is 23.2. The Morgan fingerprint density at radius 1 is 0.519 bits per heavy atom. The molecule has 0 heterocycles. The van der Waals surface area contributed by atoms with Crippen molar-refractivity contribution < 1.29 is 24.5 Å². The van der Waals surface area contributed by atoms with Gasteiger partial charge >= 0.3 is 5.97 Å². The highest BCUT2D eigenvalue weighted by molar-refractivity contribution is 5.76. The Kier molecular flexibility index (Phi) is 42.2. The van der Waals surface area contributed by atoms with Gasteiger partial charge in [0.1, 0.15) is 0 Å². The number of allylic oxidation sites excluding steroid dienone is 6. The minimum Gasteiger partial charge on any atom is -0.466 e. The predicted molar refractivity (Wildman–Crippen MR) is 232 cm³/mol. The molecule has 0 aromatic heterocycles. The van der Waals surface area contributed by atoms with E-state index < -0.39 is 12.1 Å². The number of rotatable bonds is 42. The third-order valence-electron chi connectivity index (χ3n) is 10.4. The number of hydrogen-bond acceptors (Lipinski definition) is 5. The van der Waals surface area contributed by atoms with Crippen molar-refractivity contribution in [2.45, 2.75) is 244 Å². The van der Waals surface area contributed by atoms with Gasteiger partial charge in [0, 0.05) is 12.8 Å². The van der Waals surface area contributed by atoms with Crippen molar-refractivity contribution >= 4 is 11.9 Å². The summed E-state index contributed by atoms with van der Waals surface area (Å²) >= 11 is 0. The molecule has 2 atom stereocenters. The van der Waals surface area contributed by atoms with Crippen LogP contribution in [0.25, 0.3) is 0 Å². The molecular weight excluding hydrogens is 671 g/mol. The summed E-state index contributed by atoms with van der Waals surface area (Å²) < 4.78 is 5.42. The minimum absolute atomic E-state index is 0.0458. The van der Waals surface area contributed by atoms with Crippen LogP contribution in [0.1, 0.15) is 232 Å². The van der Waals surface area contributed by atoms with E-state index in [9.17, 15) is 19.8 Å². The number of nitrogens with one attached hydrogen (secondary N) is 1. The van der Waals surface area contributed by atoms with E-state index in [1.807, 2.05) is 0 Å². The van der Waals surface area contributed by atoms with Gasteiger partial charge in [-0.25, -0.2) is 0 Å². The Morgan fingerprint density at radius 2 is 0.926 bits per heavy atom. The van der Waals surface area contributed by atoms with Crippen LogP contribution in [-0.2, 0) is 14.3 Å². The van der Waals surface area contributed by atoms with Crippen LogP contribution in [0.5, 0.6) is 0 Å². The lowest BCUT2D eigenvalue weighted by atomic mass is 10.0. The van der Waals surface area contributed by atoms with Gasteiger partial charge in [-0.05, 0) is 83.5 Å². The standard InChI is InChI=1S/C48H89NO5/c1-3-5-7-9-11-13-15-16-17-18-19-22-26-30-34-38-42-48(53)54-43-39-35-31-27-23-20-21-25-29-33-37-41-47(52)49-45(44-50)46(51)40-36-32-28-24-14-12-10-8-6-4-2/h13,15,17-18,23,27,45-46,50-51H,3-12,14,16,19-22,24-26,28-44H2,1-2H3,(H,49,52)/b15-13-,18-17-,27-23-. The Morgan fingerprint density at radius 3 is 1.44 bits per heavy atom. The number of unbranched alkanes of at least 4 members (excludes halogenated alkanes) is 25. The molecule has 0 saturated heterocycles. The van der Waals surface area contributed by atoms with Crippen LogP contribution in [0.2, 0.25) is 0 Å². The average molecular weight is 760 g/mol. The quantitative estimate of drug-likeness (QED) is 0.0327. The molecule has 1 amide bonds. The van der Waals surface area contributed by atoms with E-state index in [0.29, 0.717) is 25.9 Å². The number of ether oxygens (including phenoxy) is 1. The lowest BCUT2D eigenvalue weighted by Gasteiger charge is -2.22. The second-order valence-electron chi connectivity index (χ2n) is 15.7. The van der Waals surface area contributed by atoms with E-state index in [2.05, 4.69) is 55.6 Å². The zero-order chi connectivity index (χ0) is 39.4. The van der Waals surface area contributed by atoms with E-state index in [0.717, 1.165) is 96.3 Å². The minimum atomic E-state index is -0.681. The summed E-state index contributed by atoms with van der Waals surface area (Å²) in [6, 6.07) is -0.562. The molecule has 0 fully saturated rings. The van der Waals surface area contributed by atoms with Crippen LogP contribution >= 0.6 is 0 Å². The number of aliphatic hydroxyl groups excluding tert-OH is 2. The molecule has 0 radical (unpaired) electrons. The molecular formula is C48H89NO5. The molecule has 0 saturated carbocycles. The van der Waals surface area contributed by atoms with Crippen molar-refractivity contribution in [3.8, 4) is 0 Å². The summed E-state index contributed by atoms with van der Waals surface area (Å²) in [7, 11) is 0. The van der Waals surface area contributed by atoms with Crippen molar-refractivity contribution in [3.63, 3.8) is 0 Å². The smallest absolute Gasteiger partial charge is 0.305 e. The number of carbonyl (C=O) groups excluding carboxylic acids is 2. The van der Waals surface area contributed by atoms with E-state index >= 15 is 0 Å². The molecule has 6 nitrogen and oxygen atoms in total. The van der Waals surface area contributed by atoms with Crippen LogP contribution in [0.4, 0.5) is 0 Å². The highest BCUT2D eigenvalue weighted by Gasteiger charge is 2.20. The van der Waals surface area contributed by atoms with Crippen molar-refractivity contribution in [1.29, 1.82) is 0 Å². The van der Waals surface area contributed by atoms with E-state index in [1.165, 1.54) is 103 Å². The first-order chi connectivity index (χ1) is 26.5. The fourth-order valence-electron chi connectivity index (χ4n) is 6.78. The predicted octanol–water partition coefficient (Wildman–Crippen LogP) is 13.3. The van der Waals surface area contributed by atoms with Gasteiger partial charge in [-0.15, -0.1) is 0 Å². The number of hydrogen-bond donors (Lipinski definition) is 3. The van der Waals surface area contributed by atoms with Crippen LogP contribution < -0.4 is 5.32 Å². The molecule has 0 aromatic carbocycles. The Labute approximate surface area is 334 Å². The molecule has 316 valence electrons. The second-order valence-corrected chi connectivity index (χ2v) is 15.7. The molecule has 0 aliphatic rings. The monoisotopic (exact) mass is 760 g/mol. The van der Waals surface area contributed by atoms with Gasteiger partial charge in [-0.3, -0.25) is 9.59 Å². The molecule has 3 N–H and O–H groups in total. The van der Waals surface area contributed by atoms with Gasteiger partial charge < -0.3 is 20.3 Å². The number of carbonyl (C=O) groups is 2. The maximum atomic E-state index is 12.4. The lowest BCUT2D eigenvalue weighted by molar-refractivity contribution is -0.143. The third-order valence-corrected chi connectivity index (χ3v) is 10.4. The van der Waals surface area contributed by atoms with Crippen molar-refractivity contribution in [2.24, 2.45) is 0 Å². The van der Waals surface area contributed by atoms with Crippen molar-refractivity contribution in [3.05, 3.63) is 36.5 Å². The number of aliphatic hydroxyl groups is 2. The Bertz CT molecular complexity index is 884. The normalized spacial score (nSPS) is 13.0. The summed E-state index contributed by atoms with van der Waals surface area (Å²) in [5.74, 6) is -0.114. The molecule has 6 heteroatoms. The van der Waals surface area contributed by atoms with E-state index in [4.69, 9.17) is 4.74 Å². The van der Waals surface area contributed by atoms with Gasteiger partial charge in [-0.2, -0.15) is 0 Å². The highest BCUT2D eigenvalue weighted by atomic mass is 16.5. The fourth-order valence-corrected chi connectivity index (χ4v) is 6.78. The van der Waals surface area contributed by atoms with Crippen molar-refractivity contribution in [2.75, 3.05) is 13.2 Å². The lowest BCUT2D eigenvalue weighted by Crippen LogP contribution is -2.45. The van der Waals surface area contributed by atoms with Crippen LogP contribution in [-0.4, -0.2) is 47.4 Å². The van der Waals surface area contributed by atoms with Crippen LogP contribution in [0.3, 0.4) is 0 Å². The second kappa shape index (κ2) is 43.8. The molecule has 2 unspecified atom stereocenters. The molecule has 0 aliphatic heterocycles. The summed E-state index contributed by atoms with van der Waals surface area (Å²) in [6.07, 6.45) is 51.0. The largest absolute Gasteiger partial charge is 0.466 e. The van der Waals surface area contributed by atoms with E-state index in [1.54, 1.807) is 0 Å². The SMILES string of the molecule is CCCCCC/C=C\C/C=C\CCCCCCCC(=O)OCCCC/C=C\CCCCCCCC(=O)NC(CO)C(O)CCCCCCCCCCCC. The first-order valence-electron chi connectivity index (χ1n) is 23.2. The fraction of sp³-hybridized carbons (Fsp3) is 0.833. The summed E-state index contributed by atoms with van der Waals surface area (Å²) in [5, 5.41) is 23.0. The first kappa shape index (κ1) is 52.1. The third kappa shape index (κ3) is 39.8. The van der Waals surface area contributed by atoms with Gasteiger partial charge in [0.15, 0.2) is 0 Å². The number of esters is 1. The van der Waals surface area contributed by atoms with Crippen molar-refractivity contribution in [1.82, 2.24) is 5.32 Å². The summed E-state index contributed by atoms with van der Waals surface area (Å²) in [5.41, 5.74) is 0. The zero-order valence-corrected chi connectivity index (χ0v) is 35.7. The van der Waals surface area contributed by atoms with Crippen LogP contribution in [0, 0.1) is 0 Å². The Balaban J connectivity index is 3.53. The highest BCUT2D eigenvalue weighted by Crippen LogP contribution is 2.14. The summed E-state index contributed by atoms with van der Waals surface area (Å²) in [4.78, 5) is 24.4.